The number of hydrogen-bond acceptors (Lipinski definition) is 5. The molecule has 0 unspecified atom stereocenters. The summed E-state index contributed by atoms with van der Waals surface area (Å²) in [6.45, 7) is 5.29. The Morgan fingerprint density at radius 1 is 1.25 bits per heavy atom. The van der Waals surface area contributed by atoms with Crippen LogP contribution in [0.15, 0.2) is 12.1 Å². The van der Waals surface area contributed by atoms with Gasteiger partial charge in [0.25, 0.3) is 0 Å². The summed E-state index contributed by atoms with van der Waals surface area (Å²) in [5.74, 6) is 1.86. The minimum atomic E-state index is -0.769. The Hall–Kier alpha value is -0.950. The van der Waals surface area contributed by atoms with Gasteiger partial charge in [-0.3, -0.25) is 0 Å². The highest BCUT2D eigenvalue weighted by molar-refractivity contribution is 7.59. The second-order valence-corrected chi connectivity index (χ2v) is 11.2. The lowest BCUT2D eigenvalue weighted by atomic mass is 9.33. The van der Waals surface area contributed by atoms with Crippen molar-refractivity contribution in [2.45, 2.75) is 87.6 Å². The number of hydrogen-bond donors (Lipinski definition) is 1. The van der Waals surface area contributed by atoms with E-state index in [0.717, 1.165) is 63.0 Å². The molecule has 6 heteroatoms. The molecule has 1 saturated heterocycles. The van der Waals surface area contributed by atoms with Gasteiger partial charge in [-0.1, -0.05) is 19.4 Å². The zero-order valence-corrected chi connectivity index (χ0v) is 21.2. The molecule has 1 N–H and O–H groups in total. The number of fused-ring (bicyclic) bond motifs is 2. The number of methoxy groups -OCH3 is 2. The van der Waals surface area contributed by atoms with Crippen LogP contribution in [0.5, 0.6) is 11.5 Å². The van der Waals surface area contributed by atoms with Gasteiger partial charge in [0, 0.05) is 35.5 Å². The molecule has 6 aliphatic rings. The first-order valence-electron chi connectivity index (χ1n) is 12.2. The minimum absolute atomic E-state index is 0. The summed E-state index contributed by atoms with van der Waals surface area (Å²) < 4.78 is 19.3. The number of aliphatic hydroxyl groups is 1. The van der Waals surface area contributed by atoms with Crippen molar-refractivity contribution < 1.29 is 19.3 Å². The summed E-state index contributed by atoms with van der Waals surface area (Å²) in [4.78, 5) is 2.60. The quantitative estimate of drug-likeness (QED) is 0.723. The van der Waals surface area contributed by atoms with Crippen molar-refractivity contribution in [3.63, 3.8) is 0 Å². The van der Waals surface area contributed by atoms with E-state index in [-0.39, 0.29) is 36.3 Å². The molecule has 4 fully saturated rings. The molecule has 178 valence electrons. The van der Waals surface area contributed by atoms with Crippen LogP contribution in [-0.4, -0.2) is 61.2 Å². The van der Waals surface area contributed by atoms with E-state index in [1.807, 2.05) is 14.0 Å². The molecule has 4 aliphatic carbocycles. The van der Waals surface area contributed by atoms with E-state index in [1.165, 1.54) is 11.1 Å². The molecule has 0 aromatic heterocycles. The molecule has 2 spiro atoms. The van der Waals surface area contributed by atoms with Crippen LogP contribution in [0.1, 0.15) is 63.5 Å². The van der Waals surface area contributed by atoms with Crippen LogP contribution in [0, 0.1) is 11.3 Å². The van der Waals surface area contributed by atoms with Gasteiger partial charge < -0.3 is 24.2 Å². The smallest absolute Gasteiger partial charge is 0.165 e. The summed E-state index contributed by atoms with van der Waals surface area (Å²) in [7, 11) is 5.90. The van der Waals surface area contributed by atoms with Crippen molar-refractivity contribution in [3.05, 3.63) is 23.3 Å². The number of ether oxygens (including phenoxy) is 3. The van der Waals surface area contributed by atoms with Crippen LogP contribution in [0.4, 0.5) is 0 Å². The Morgan fingerprint density at radius 3 is 2.72 bits per heavy atom. The van der Waals surface area contributed by atoms with Crippen LogP contribution < -0.4 is 9.47 Å². The lowest BCUT2D eigenvalue weighted by Gasteiger charge is -2.74. The Morgan fingerprint density at radius 2 is 2.03 bits per heavy atom. The highest BCUT2D eigenvalue weighted by atomic mass is 32.1. The SMILES string of the molecule is CCC[C@](C)(O)[C@H]1C[C@@]23CC[C@]1(OC)[C@@H]1Oc4c(OC)ccc5c4[C@@]12CCN(C)[C@@H]3C5.S. The predicted octanol–water partition coefficient (Wildman–Crippen LogP) is 3.80. The van der Waals surface area contributed by atoms with Crippen molar-refractivity contribution >= 4 is 13.5 Å². The summed E-state index contributed by atoms with van der Waals surface area (Å²) in [6.07, 6.45) is 6.95. The van der Waals surface area contributed by atoms with Crippen LogP contribution in [0.25, 0.3) is 0 Å². The molecule has 1 aromatic carbocycles. The number of likely N-dealkylation sites (tertiary alicyclic amines) is 1. The molecule has 1 aromatic rings. The summed E-state index contributed by atoms with van der Waals surface area (Å²) in [5, 5.41) is 11.8. The number of likely N-dealkylation sites (N-methyl/N-ethyl adjacent to an activating group) is 1. The van der Waals surface area contributed by atoms with Gasteiger partial charge in [-0.2, -0.15) is 13.5 Å². The van der Waals surface area contributed by atoms with E-state index in [9.17, 15) is 5.11 Å². The van der Waals surface area contributed by atoms with Gasteiger partial charge in [0.1, 0.15) is 11.7 Å². The predicted molar refractivity (Wildman–Crippen MR) is 129 cm³/mol. The monoisotopic (exact) mass is 461 g/mol. The van der Waals surface area contributed by atoms with E-state index in [1.54, 1.807) is 7.11 Å². The Balaban J connectivity index is 0.00000216. The zero-order valence-electron chi connectivity index (χ0n) is 20.2. The molecular weight excluding hydrogens is 422 g/mol. The molecule has 7 atom stereocenters. The zero-order chi connectivity index (χ0) is 21.8. The first-order valence-corrected chi connectivity index (χ1v) is 12.2. The van der Waals surface area contributed by atoms with Crippen molar-refractivity contribution in [1.82, 2.24) is 4.90 Å². The van der Waals surface area contributed by atoms with Gasteiger partial charge in [0.2, 0.25) is 0 Å². The van der Waals surface area contributed by atoms with Gasteiger partial charge in [0.15, 0.2) is 11.5 Å². The fourth-order valence-corrected chi connectivity index (χ4v) is 9.24. The number of nitrogens with zero attached hydrogens (tertiary/aromatic N) is 1. The summed E-state index contributed by atoms with van der Waals surface area (Å²) in [6, 6.07) is 4.84. The van der Waals surface area contributed by atoms with Gasteiger partial charge in [0.05, 0.1) is 12.7 Å². The number of benzene rings is 1. The van der Waals surface area contributed by atoms with Crippen LogP contribution in [-0.2, 0) is 16.6 Å². The summed E-state index contributed by atoms with van der Waals surface area (Å²) in [5.41, 5.74) is 1.66. The Labute approximate surface area is 199 Å². The van der Waals surface area contributed by atoms with Crippen molar-refractivity contribution in [1.29, 1.82) is 0 Å². The number of rotatable bonds is 5. The Kier molecular flexibility index (Phi) is 5.02. The largest absolute Gasteiger partial charge is 0.493 e. The minimum Gasteiger partial charge on any atom is -0.493 e. The fourth-order valence-electron chi connectivity index (χ4n) is 9.24. The third-order valence-electron chi connectivity index (χ3n) is 10.3. The van der Waals surface area contributed by atoms with Crippen LogP contribution in [0.2, 0.25) is 0 Å². The lowest BCUT2D eigenvalue weighted by Crippen LogP contribution is -2.82. The van der Waals surface area contributed by atoms with E-state index >= 15 is 0 Å². The normalized spacial score (nSPS) is 42.5. The molecule has 0 amide bonds. The van der Waals surface area contributed by atoms with Gasteiger partial charge in [-0.15, -0.1) is 0 Å². The lowest BCUT2D eigenvalue weighted by molar-refractivity contribution is -0.301. The average molecular weight is 462 g/mol. The van der Waals surface area contributed by atoms with Crippen molar-refractivity contribution in [3.8, 4) is 11.5 Å². The fraction of sp³-hybridized carbons (Fsp3) is 0.769. The number of piperidine rings is 1. The highest BCUT2D eigenvalue weighted by Crippen LogP contribution is 2.77. The maximum Gasteiger partial charge on any atom is 0.165 e. The molecule has 32 heavy (non-hydrogen) atoms. The van der Waals surface area contributed by atoms with Gasteiger partial charge in [-0.25, -0.2) is 0 Å². The standard InChI is InChI=1S/C26H37NO4.H2S/c1-6-9-23(2,28)18-15-24-10-11-26(18,30-5)22-25(24)12-13-27(3)19(24)14-16-7-8-17(29-4)21(31-22)20(16)25;/h7-8,18-19,22,28H,6,9-15H2,1-5H3;1H2/t18-,19-,22-,23+,24-,25+,26-;/m1./s1. The van der Waals surface area contributed by atoms with E-state index in [2.05, 4.69) is 31.0 Å². The second kappa shape index (κ2) is 7.03. The van der Waals surface area contributed by atoms with Gasteiger partial charge >= 0.3 is 0 Å². The second-order valence-electron chi connectivity index (χ2n) is 11.2. The molecule has 2 aliphatic heterocycles. The molecule has 4 bridgehead atoms. The molecular formula is C26H39NO4S. The Bertz CT molecular complexity index is 937. The highest BCUT2D eigenvalue weighted by Gasteiger charge is 2.81. The maximum atomic E-state index is 11.8. The van der Waals surface area contributed by atoms with E-state index in [4.69, 9.17) is 14.2 Å². The average Bonchev–Trinajstić information content (AvgIpc) is 3.13. The summed E-state index contributed by atoms with van der Waals surface area (Å²) >= 11 is 0. The van der Waals surface area contributed by atoms with E-state index < -0.39 is 11.2 Å². The molecule has 0 radical (unpaired) electrons. The third-order valence-corrected chi connectivity index (χ3v) is 10.3. The molecule has 2 heterocycles. The van der Waals surface area contributed by atoms with Crippen molar-refractivity contribution in [2.75, 3.05) is 27.8 Å². The molecule has 7 rings (SSSR count). The first-order chi connectivity index (χ1) is 14.8. The topological polar surface area (TPSA) is 51.2 Å². The van der Waals surface area contributed by atoms with Gasteiger partial charge in [-0.05, 0) is 70.7 Å². The van der Waals surface area contributed by atoms with Crippen molar-refractivity contribution in [2.24, 2.45) is 11.3 Å². The van der Waals surface area contributed by atoms with Crippen LogP contribution in [0.3, 0.4) is 0 Å². The van der Waals surface area contributed by atoms with E-state index in [0.29, 0.717) is 6.04 Å². The molecule has 3 saturated carbocycles. The maximum absolute atomic E-state index is 11.8. The molecule has 5 nitrogen and oxygen atoms in total. The first kappa shape index (κ1) is 22.8. The van der Waals surface area contributed by atoms with Crippen LogP contribution >= 0.6 is 13.5 Å². The third kappa shape index (κ3) is 2.28.